The highest BCUT2D eigenvalue weighted by atomic mass is 35.5. The van der Waals surface area contributed by atoms with Gasteiger partial charge in [0.15, 0.2) is 0 Å². The predicted molar refractivity (Wildman–Crippen MR) is 87.0 cm³/mol. The summed E-state index contributed by atoms with van der Waals surface area (Å²) in [7, 11) is 0. The molecule has 2 aliphatic rings. The first-order chi connectivity index (χ1) is 10.5. The summed E-state index contributed by atoms with van der Waals surface area (Å²) in [5.41, 5.74) is 6.17. The molecule has 2 saturated carbocycles. The third-order valence-corrected chi connectivity index (χ3v) is 5.37. The standard InChI is InChI=1S/C17H22F2N2O.ClH/c1-2-21(9-12-13(18)4-3-5-14(12)19)17(22)15-10-6-7-11(8-10)16(15)20;/h3-5,10-11,15-16H,2,6-9,20H2,1H3;1H. The summed E-state index contributed by atoms with van der Waals surface area (Å²) in [4.78, 5) is 14.3. The van der Waals surface area contributed by atoms with Crippen molar-refractivity contribution in [3.63, 3.8) is 0 Å². The third kappa shape index (κ3) is 3.22. The minimum Gasteiger partial charge on any atom is -0.338 e. The molecule has 2 bridgehead atoms. The summed E-state index contributed by atoms with van der Waals surface area (Å²) in [6.07, 6.45) is 3.16. The molecule has 2 N–H and O–H groups in total. The molecule has 0 aromatic heterocycles. The van der Waals surface area contributed by atoms with Gasteiger partial charge in [0, 0.05) is 18.2 Å². The molecule has 3 nitrogen and oxygen atoms in total. The van der Waals surface area contributed by atoms with E-state index in [9.17, 15) is 13.6 Å². The molecule has 0 radical (unpaired) electrons. The van der Waals surface area contributed by atoms with E-state index in [-0.39, 0.29) is 42.4 Å². The van der Waals surface area contributed by atoms with E-state index in [0.717, 1.165) is 19.3 Å². The molecule has 1 aromatic carbocycles. The van der Waals surface area contributed by atoms with Crippen molar-refractivity contribution in [2.75, 3.05) is 6.54 Å². The molecule has 0 aliphatic heterocycles. The molecule has 3 rings (SSSR count). The van der Waals surface area contributed by atoms with Crippen LogP contribution >= 0.6 is 12.4 Å². The first-order valence-electron chi connectivity index (χ1n) is 8.00. The zero-order chi connectivity index (χ0) is 15.9. The molecular formula is C17H23ClF2N2O. The maximum absolute atomic E-state index is 13.8. The van der Waals surface area contributed by atoms with Crippen LogP contribution < -0.4 is 5.73 Å². The number of nitrogens with two attached hydrogens (primary N) is 1. The molecule has 4 unspecified atom stereocenters. The Kier molecular flexibility index (Phi) is 5.63. The lowest BCUT2D eigenvalue weighted by Gasteiger charge is -2.32. The maximum Gasteiger partial charge on any atom is 0.227 e. The smallest absolute Gasteiger partial charge is 0.227 e. The number of nitrogens with zero attached hydrogens (tertiary/aromatic N) is 1. The number of hydrogen-bond acceptors (Lipinski definition) is 2. The maximum atomic E-state index is 13.8. The van der Waals surface area contributed by atoms with Crippen LogP contribution in [0.25, 0.3) is 0 Å². The quantitative estimate of drug-likeness (QED) is 0.912. The van der Waals surface area contributed by atoms with Gasteiger partial charge in [0.25, 0.3) is 0 Å². The molecule has 0 spiro atoms. The fourth-order valence-electron chi connectivity index (χ4n) is 4.13. The lowest BCUT2D eigenvalue weighted by Crippen LogP contribution is -2.47. The number of carbonyl (C=O) groups is 1. The van der Waals surface area contributed by atoms with Crippen molar-refractivity contribution in [2.24, 2.45) is 23.5 Å². The van der Waals surface area contributed by atoms with Crippen molar-refractivity contribution in [2.45, 2.75) is 38.8 Å². The Hall–Kier alpha value is -1.20. The summed E-state index contributed by atoms with van der Waals surface area (Å²) < 4.78 is 27.6. The second-order valence-corrected chi connectivity index (χ2v) is 6.49. The first-order valence-corrected chi connectivity index (χ1v) is 8.00. The number of hydrogen-bond donors (Lipinski definition) is 1. The van der Waals surface area contributed by atoms with E-state index in [4.69, 9.17) is 5.73 Å². The summed E-state index contributed by atoms with van der Waals surface area (Å²) in [6.45, 7) is 2.22. The lowest BCUT2D eigenvalue weighted by atomic mass is 9.84. The highest BCUT2D eigenvalue weighted by molar-refractivity contribution is 5.85. The van der Waals surface area contributed by atoms with Gasteiger partial charge in [-0.15, -0.1) is 12.4 Å². The van der Waals surface area contributed by atoms with Crippen LogP contribution in [-0.2, 0) is 11.3 Å². The second kappa shape index (κ2) is 7.14. The summed E-state index contributed by atoms with van der Waals surface area (Å²) in [6, 6.07) is 3.67. The van der Waals surface area contributed by atoms with Gasteiger partial charge in [-0.1, -0.05) is 6.07 Å². The monoisotopic (exact) mass is 344 g/mol. The van der Waals surface area contributed by atoms with Gasteiger partial charge in [0.2, 0.25) is 5.91 Å². The normalized spacial score (nSPS) is 28.5. The second-order valence-electron chi connectivity index (χ2n) is 6.49. The molecule has 0 heterocycles. The van der Waals surface area contributed by atoms with Gasteiger partial charge in [0.1, 0.15) is 11.6 Å². The van der Waals surface area contributed by atoms with Gasteiger partial charge in [-0.05, 0) is 50.2 Å². The highest BCUT2D eigenvalue weighted by Crippen LogP contribution is 2.48. The van der Waals surface area contributed by atoms with Crippen LogP contribution in [-0.4, -0.2) is 23.4 Å². The Morgan fingerprint density at radius 3 is 2.39 bits per heavy atom. The number of benzene rings is 1. The Balaban J connectivity index is 0.00000192. The van der Waals surface area contributed by atoms with Crippen LogP contribution in [0, 0.1) is 29.4 Å². The summed E-state index contributed by atoms with van der Waals surface area (Å²) >= 11 is 0. The number of halogens is 3. The molecule has 4 atom stereocenters. The number of amides is 1. The molecule has 2 aliphatic carbocycles. The van der Waals surface area contributed by atoms with Gasteiger partial charge in [-0.2, -0.15) is 0 Å². The fourth-order valence-corrected chi connectivity index (χ4v) is 4.13. The van der Waals surface area contributed by atoms with E-state index in [0.29, 0.717) is 18.4 Å². The van der Waals surface area contributed by atoms with Crippen molar-refractivity contribution in [3.8, 4) is 0 Å². The molecule has 1 amide bonds. The van der Waals surface area contributed by atoms with Crippen LogP contribution in [0.15, 0.2) is 18.2 Å². The Bertz CT molecular complexity index is 561. The first kappa shape index (κ1) is 18.1. The van der Waals surface area contributed by atoms with Gasteiger partial charge < -0.3 is 10.6 Å². The van der Waals surface area contributed by atoms with E-state index >= 15 is 0 Å². The number of carbonyl (C=O) groups excluding carboxylic acids is 1. The van der Waals surface area contributed by atoms with Gasteiger partial charge in [0.05, 0.1) is 12.5 Å². The van der Waals surface area contributed by atoms with E-state index in [1.165, 1.54) is 23.1 Å². The average Bonchev–Trinajstić information content (AvgIpc) is 3.07. The Labute approximate surface area is 141 Å². The van der Waals surface area contributed by atoms with E-state index in [2.05, 4.69) is 0 Å². The third-order valence-electron chi connectivity index (χ3n) is 5.37. The molecular weight excluding hydrogens is 322 g/mol. The van der Waals surface area contributed by atoms with Crippen molar-refractivity contribution in [1.29, 1.82) is 0 Å². The fraction of sp³-hybridized carbons (Fsp3) is 0.588. The van der Waals surface area contributed by atoms with Gasteiger partial charge >= 0.3 is 0 Å². The van der Waals surface area contributed by atoms with Gasteiger partial charge in [-0.3, -0.25) is 4.79 Å². The van der Waals surface area contributed by atoms with Crippen molar-refractivity contribution >= 4 is 18.3 Å². The van der Waals surface area contributed by atoms with Gasteiger partial charge in [-0.25, -0.2) is 8.78 Å². The largest absolute Gasteiger partial charge is 0.338 e. The minimum absolute atomic E-state index is 0. The Morgan fingerprint density at radius 2 is 1.87 bits per heavy atom. The van der Waals surface area contributed by atoms with Crippen molar-refractivity contribution < 1.29 is 13.6 Å². The molecule has 6 heteroatoms. The summed E-state index contributed by atoms with van der Waals surface area (Å²) in [5, 5.41) is 0. The van der Waals surface area contributed by atoms with E-state index in [1.807, 2.05) is 6.92 Å². The summed E-state index contributed by atoms with van der Waals surface area (Å²) in [5.74, 6) is -0.680. The topological polar surface area (TPSA) is 46.3 Å². The molecule has 0 saturated heterocycles. The van der Waals surface area contributed by atoms with E-state index < -0.39 is 11.6 Å². The number of fused-ring (bicyclic) bond motifs is 2. The highest BCUT2D eigenvalue weighted by Gasteiger charge is 2.50. The zero-order valence-corrected chi connectivity index (χ0v) is 14.0. The van der Waals surface area contributed by atoms with Crippen LogP contribution in [0.1, 0.15) is 31.7 Å². The van der Waals surface area contributed by atoms with E-state index in [1.54, 1.807) is 0 Å². The zero-order valence-electron chi connectivity index (χ0n) is 13.2. The van der Waals surface area contributed by atoms with Crippen molar-refractivity contribution in [1.82, 2.24) is 4.90 Å². The van der Waals surface area contributed by atoms with Crippen molar-refractivity contribution in [3.05, 3.63) is 35.4 Å². The molecule has 2 fully saturated rings. The molecule has 23 heavy (non-hydrogen) atoms. The Morgan fingerprint density at radius 1 is 1.26 bits per heavy atom. The van der Waals surface area contributed by atoms with Crippen LogP contribution in [0.2, 0.25) is 0 Å². The molecule has 1 aromatic rings. The predicted octanol–water partition coefficient (Wildman–Crippen LogP) is 3.11. The number of rotatable bonds is 4. The SMILES string of the molecule is CCN(Cc1c(F)cccc1F)C(=O)C1C2CCC(C2)C1N.Cl. The van der Waals surface area contributed by atoms with Crippen LogP contribution in [0.5, 0.6) is 0 Å². The lowest BCUT2D eigenvalue weighted by molar-refractivity contribution is -0.138. The molecule has 128 valence electrons. The average molecular weight is 345 g/mol. The van der Waals surface area contributed by atoms with Crippen LogP contribution in [0.4, 0.5) is 8.78 Å². The minimum atomic E-state index is -0.608. The van der Waals surface area contributed by atoms with Crippen LogP contribution in [0.3, 0.4) is 0 Å².